The number of hydrogen-bond acceptors (Lipinski definition) is 5. The van der Waals surface area contributed by atoms with E-state index in [4.69, 9.17) is 14.5 Å². The van der Waals surface area contributed by atoms with Crippen molar-refractivity contribution in [1.29, 1.82) is 0 Å². The molecule has 1 N–H and O–H groups in total. The van der Waals surface area contributed by atoms with Crippen LogP contribution in [0.3, 0.4) is 0 Å². The number of carboxylic acid groups (broad SMARTS) is 1. The minimum absolute atomic E-state index is 0.00909. The molecule has 2 aromatic carbocycles. The van der Waals surface area contributed by atoms with Gasteiger partial charge in [-0.3, -0.25) is 9.69 Å². The number of benzene rings is 2. The molecule has 37 heavy (non-hydrogen) atoms. The van der Waals surface area contributed by atoms with E-state index in [1.54, 1.807) is 18.1 Å². The molecule has 0 spiro atoms. The third-order valence-electron chi connectivity index (χ3n) is 7.85. The van der Waals surface area contributed by atoms with Gasteiger partial charge in [-0.2, -0.15) is 0 Å². The lowest BCUT2D eigenvalue weighted by Crippen LogP contribution is -2.42. The van der Waals surface area contributed by atoms with Gasteiger partial charge in [-0.25, -0.2) is 14.2 Å². The Kier molecular flexibility index (Phi) is 6.79. The highest BCUT2D eigenvalue weighted by atomic mass is 19.1. The number of carbonyl (C=O) groups excluding carboxylic acids is 1. The second-order valence-electron chi connectivity index (χ2n) is 10.0. The van der Waals surface area contributed by atoms with E-state index in [0.29, 0.717) is 30.6 Å². The van der Waals surface area contributed by atoms with Gasteiger partial charge in [-0.1, -0.05) is 6.42 Å². The molecule has 0 radical (unpaired) electrons. The summed E-state index contributed by atoms with van der Waals surface area (Å²) in [5.74, 6) is -0.253. The Labute approximate surface area is 215 Å². The maximum absolute atomic E-state index is 14.2. The van der Waals surface area contributed by atoms with Crippen LogP contribution in [0.4, 0.5) is 14.9 Å². The zero-order valence-corrected chi connectivity index (χ0v) is 21.4. The van der Waals surface area contributed by atoms with Crippen LogP contribution >= 0.6 is 0 Å². The Morgan fingerprint density at radius 2 is 1.97 bits per heavy atom. The van der Waals surface area contributed by atoms with Crippen LogP contribution < -0.4 is 9.64 Å². The summed E-state index contributed by atoms with van der Waals surface area (Å²) < 4.78 is 26.9. The number of aliphatic carboxylic acids is 1. The van der Waals surface area contributed by atoms with Gasteiger partial charge in [0, 0.05) is 29.6 Å². The van der Waals surface area contributed by atoms with Gasteiger partial charge < -0.3 is 19.1 Å². The summed E-state index contributed by atoms with van der Waals surface area (Å²) in [5.41, 5.74) is 4.12. The number of imidazole rings is 1. The lowest BCUT2D eigenvalue weighted by Gasteiger charge is -2.34. The molecule has 3 atom stereocenters. The lowest BCUT2D eigenvalue weighted by molar-refractivity contribution is -0.143. The number of halogens is 1. The van der Waals surface area contributed by atoms with Crippen LogP contribution in [-0.4, -0.2) is 47.0 Å². The number of aryl methyl sites for hydroxylation is 1. The van der Waals surface area contributed by atoms with Crippen molar-refractivity contribution in [1.82, 2.24) is 9.55 Å². The van der Waals surface area contributed by atoms with E-state index < -0.39 is 18.0 Å². The molecular weight excluding hydrogens is 477 g/mol. The average Bonchev–Trinajstić information content (AvgIpc) is 3.26. The Hall–Kier alpha value is -3.62. The smallest absolute Gasteiger partial charge is 0.414 e. The van der Waals surface area contributed by atoms with Gasteiger partial charge in [-0.05, 0) is 69.4 Å². The predicted molar refractivity (Wildman–Crippen MR) is 137 cm³/mol. The quantitative estimate of drug-likeness (QED) is 0.488. The number of methoxy groups -OCH3 is 2. The largest absolute Gasteiger partial charge is 0.496 e. The van der Waals surface area contributed by atoms with Crippen molar-refractivity contribution >= 4 is 28.8 Å². The van der Waals surface area contributed by atoms with Gasteiger partial charge in [0.1, 0.15) is 17.4 Å². The second kappa shape index (κ2) is 10.0. The predicted octanol–water partition coefficient (Wildman–Crippen LogP) is 5.50. The van der Waals surface area contributed by atoms with Crippen molar-refractivity contribution in [2.75, 3.05) is 19.1 Å². The monoisotopic (exact) mass is 509 g/mol. The molecule has 5 rings (SSSR count). The van der Waals surface area contributed by atoms with Crippen LogP contribution in [0.25, 0.3) is 11.0 Å². The summed E-state index contributed by atoms with van der Waals surface area (Å²) in [6.07, 6.45) is 4.26. The molecule has 1 aliphatic carbocycles. The molecule has 2 heterocycles. The van der Waals surface area contributed by atoms with E-state index in [1.807, 2.05) is 19.1 Å². The molecule has 1 saturated carbocycles. The number of ether oxygens (including phenoxy) is 2. The summed E-state index contributed by atoms with van der Waals surface area (Å²) in [5, 5.41) is 9.73. The van der Waals surface area contributed by atoms with Gasteiger partial charge in [0.25, 0.3) is 0 Å². The molecule has 8 nitrogen and oxygen atoms in total. The van der Waals surface area contributed by atoms with Crippen LogP contribution in [0.5, 0.6) is 5.75 Å². The van der Waals surface area contributed by atoms with Crippen molar-refractivity contribution in [2.45, 2.75) is 64.0 Å². The standard InChI is InChI=1S/C28H32FN3O5/c1-16-7-9-21-22(31(16)28(35)37-3)10-11-23-26(21)30-25(15-18-13-19(29)8-12-24(18)36-2)32(23)20-6-4-5-17(14-20)27(33)34/h8,10-13,16-17,20H,4-7,9,14-15H2,1-3H3,(H,33,34)/t16-,17+,20+/m0/s1. The van der Waals surface area contributed by atoms with Crippen LogP contribution in [0.2, 0.25) is 0 Å². The average molecular weight is 510 g/mol. The Morgan fingerprint density at radius 3 is 2.70 bits per heavy atom. The van der Waals surface area contributed by atoms with Crippen molar-refractivity contribution in [3.63, 3.8) is 0 Å². The van der Waals surface area contributed by atoms with E-state index >= 15 is 0 Å². The zero-order valence-electron chi connectivity index (χ0n) is 21.4. The minimum Gasteiger partial charge on any atom is -0.496 e. The molecule has 0 saturated heterocycles. The molecule has 3 aromatic rings. The van der Waals surface area contributed by atoms with Crippen LogP contribution in [0.1, 0.15) is 62.0 Å². The topological polar surface area (TPSA) is 93.9 Å². The van der Waals surface area contributed by atoms with Gasteiger partial charge >= 0.3 is 12.1 Å². The van der Waals surface area contributed by atoms with E-state index in [9.17, 15) is 19.1 Å². The fourth-order valence-electron chi connectivity index (χ4n) is 6.03. The van der Waals surface area contributed by atoms with E-state index in [0.717, 1.165) is 53.8 Å². The Balaban J connectivity index is 1.68. The Bertz CT molecular complexity index is 1350. The van der Waals surface area contributed by atoms with E-state index in [-0.39, 0.29) is 17.9 Å². The lowest BCUT2D eigenvalue weighted by atomic mass is 9.85. The number of aromatic nitrogens is 2. The van der Waals surface area contributed by atoms with Gasteiger partial charge in [-0.15, -0.1) is 0 Å². The summed E-state index contributed by atoms with van der Waals surface area (Å²) in [7, 11) is 2.93. The summed E-state index contributed by atoms with van der Waals surface area (Å²) in [6.45, 7) is 2.00. The van der Waals surface area contributed by atoms with Gasteiger partial charge in [0.05, 0.1) is 36.9 Å². The molecule has 196 valence electrons. The van der Waals surface area contributed by atoms with Crippen molar-refractivity contribution in [3.05, 3.63) is 53.1 Å². The highest BCUT2D eigenvalue weighted by Crippen LogP contribution is 2.41. The first-order valence-electron chi connectivity index (χ1n) is 12.8. The zero-order chi connectivity index (χ0) is 26.3. The number of anilines is 1. The van der Waals surface area contributed by atoms with Crippen molar-refractivity contribution in [2.24, 2.45) is 5.92 Å². The molecule has 1 aromatic heterocycles. The van der Waals surface area contributed by atoms with Gasteiger partial charge in [0.15, 0.2) is 0 Å². The maximum atomic E-state index is 14.2. The second-order valence-corrected chi connectivity index (χ2v) is 10.0. The van der Waals surface area contributed by atoms with Crippen molar-refractivity contribution < 1.29 is 28.6 Å². The molecule has 9 heteroatoms. The first-order valence-corrected chi connectivity index (χ1v) is 12.8. The van der Waals surface area contributed by atoms with E-state index in [1.165, 1.54) is 19.2 Å². The number of rotatable bonds is 5. The molecule has 1 amide bonds. The minimum atomic E-state index is -0.775. The number of nitrogens with zero attached hydrogens (tertiary/aromatic N) is 3. The summed E-state index contributed by atoms with van der Waals surface area (Å²) in [6, 6.07) is 8.27. The van der Waals surface area contributed by atoms with E-state index in [2.05, 4.69) is 4.57 Å². The van der Waals surface area contributed by atoms with Crippen molar-refractivity contribution in [3.8, 4) is 5.75 Å². The molecule has 0 bridgehead atoms. The van der Waals surface area contributed by atoms with Crippen LogP contribution in [0.15, 0.2) is 30.3 Å². The van der Waals surface area contributed by atoms with Gasteiger partial charge in [0.2, 0.25) is 0 Å². The molecule has 2 aliphatic rings. The normalized spacial score (nSPS) is 21.5. The molecule has 0 unspecified atom stereocenters. The van der Waals surface area contributed by atoms with Crippen LogP contribution in [-0.2, 0) is 22.4 Å². The number of hydrogen-bond donors (Lipinski definition) is 1. The number of amides is 1. The fourth-order valence-corrected chi connectivity index (χ4v) is 6.03. The third-order valence-corrected chi connectivity index (χ3v) is 7.85. The summed E-state index contributed by atoms with van der Waals surface area (Å²) in [4.78, 5) is 31.2. The number of fused-ring (bicyclic) bond motifs is 3. The van der Waals surface area contributed by atoms with Crippen LogP contribution in [0, 0.1) is 11.7 Å². The first-order chi connectivity index (χ1) is 17.8. The number of carboxylic acids is 1. The highest BCUT2D eigenvalue weighted by Gasteiger charge is 2.34. The first kappa shape index (κ1) is 25.0. The fraction of sp³-hybridized carbons (Fsp3) is 0.464. The SMILES string of the molecule is COC(=O)N1c2ccc3c(nc(Cc4cc(F)ccc4OC)n3[C@@H]3CCC[C@@H](C(=O)O)C3)c2CC[C@@H]1C. The summed E-state index contributed by atoms with van der Waals surface area (Å²) >= 11 is 0. The number of carbonyl (C=O) groups is 2. The third kappa shape index (κ3) is 4.51. The highest BCUT2D eigenvalue weighted by molar-refractivity contribution is 5.95. The molecule has 1 fully saturated rings. The molecule has 1 aliphatic heterocycles. The maximum Gasteiger partial charge on any atom is 0.414 e. The Morgan fingerprint density at radius 1 is 1.16 bits per heavy atom. The molecular formula is C28H32FN3O5.